The third-order valence-corrected chi connectivity index (χ3v) is 2.20. The molecule has 0 atom stereocenters. The molecule has 0 bridgehead atoms. The zero-order valence-corrected chi connectivity index (χ0v) is 8.78. The van der Waals surface area contributed by atoms with E-state index in [1.54, 1.807) is 0 Å². The smallest absolute Gasteiger partial charge is 0.00948 e. The van der Waals surface area contributed by atoms with Crippen LogP contribution in [0.15, 0.2) is 42.5 Å². The van der Waals surface area contributed by atoms with Gasteiger partial charge in [-0.3, -0.25) is 0 Å². The average molecular weight is 187 g/mol. The van der Waals surface area contributed by atoms with Crippen LogP contribution in [0.25, 0.3) is 0 Å². The molecule has 0 nitrogen and oxygen atoms in total. The molecule has 1 radical (unpaired) electrons. The number of rotatable bonds is 0. The van der Waals surface area contributed by atoms with E-state index < -0.39 is 0 Å². The van der Waals surface area contributed by atoms with Crippen LogP contribution in [-0.2, 0) is 0 Å². The normalized spacial score (nSPS) is 19.4. The Morgan fingerprint density at radius 3 is 2.43 bits per heavy atom. The zero-order valence-electron chi connectivity index (χ0n) is 8.78. The molecule has 0 aliphatic heterocycles. The molecule has 14 heavy (non-hydrogen) atoms. The van der Waals surface area contributed by atoms with Gasteiger partial charge in [0.15, 0.2) is 0 Å². The van der Waals surface area contributed by atoms with Crippen LogP contribution in [0.3, 0.4) is 0 Å². The minimum absolute atomic E-state index is 0.939. The van der Waals surface area contributed by atoms with E-state index in [4.69, 9.17) is 0 Å². The van der Waals surface area contributed by atoms with Crippen molar-refractivity contribution in [3.05, 3.63) is 48.6 Å². The van der Waals surface area contributed by atoms with Crippen LogP contribution in [0.2, 0.25) is 0 Å². The Labute approximate surface area is 87.7 Å². The molecule has 0 saturated heterocycles. The standard InChI is InChI=1S/C14H19/c1-2-4-6-8-10-12-14-13-11-9-7-5-3-1/h1-6,12H,7-9,11,13-14H2. The Hall–Kier alpha value is -1.04. The monoisotopic (exact) mass is 187 g/mol. The summed E-state index contributed by atoms with van der Waals surface area (Å²) >= 11 is 0. The summed E-state index contributed by atoms with van der Waals surface area (Å²) in [5.41, 5.74) is 0. The van der Waals surface area contributed by atoms with Crippen molar-refractivity contribution in [1.29, 1.82) is 0 Å². The number of allylic oxidation sites excluding steroid dienone is 8. The first-order valence-electron chi connectivity index (χ1n) is 5.53. The summed E-state index contributed by atoms with van der Waals surface area (Å²) in [4.78, 5) is 0. The highest BCUT2D eigenvalue weighted by Crippen LogP contribution is 2.05. The first kappa shape index (κ1) is 11.0. The van der Waals surface area contributed by atoms with Gasteiger partial charge in [-0.25, -0.2) is 0 Å². The van der Waals surface area contributed by atoms with E-state index in [1.807, 2.05) is 0 Å². The topological polar surface area (TPSA) is 0 Å². The van der Waals surface area contributed by atoms with Crippen molar-refractivity contribution < 1.29 is 0 Å². The highest BCUT2D eigenvalue weighted by molar-refractivity contribution is 5.11. The molecule has 0 saturated carbocycles. The molecule has 0 heteroatoms. The third-order valence-electron chi connectivity index (χ3n) is 2.20. The van der Waals surface area contributed by atoms with Crippen molar-refractivity contribution in [2.45, 2.75) is 38.5 Å². The van der Waals surface area contributed by atoms with Gasteiger partial charge in [0.2, 0.25) is 0 Å². The second-order valence-electron chi connectivity index (χ2n) is 3.49. The van der Waals surface area contributed by atoms with Gasteiger partial charge in [0.05, 0.1) is 0 Å². The largest absolute Gasteiger partial charge is 0.0845 e. The SMILES string of the molecule is [C]1=CCCCCCC=CC=CC=CC1. The maximum atomic E-state index is 3.28. The summed E-state index contributed by atoms with van der Waals surface area (Å²) in [6, 6.07) is 0. The van der Waals surface area contributed by atoms with Gasteiger partial charge in [0, 0.05) is 0 Å². The van der Waals surface area contributed by atoms with Crippen LogP contribution < -0.4 is 0 Å². The quantitative estimate of drug-likeness (QED) is 0.528. The molecule has 0 aromatic heterocycles. The van der Waals surface area contributed by atoms with Crippen molar-refractivity contribution in [3.63, 3.8) is 0 Å². The molecule has 0 fully saturated rings. The van der Waals surface area contributed by atoms with Gasteiger partial charge in [0.1, 0.15) is 0 Å². The van der Waals surface area contributed by atoms with E-state index in [0.717, 1.165) is 6.42 Å². The predicted molar refractivity (Wildman–Crippen MR) is 62.9 cm³/mol. The van der Waals surface area contributed by atoms with E-state index in [-0.39, 0.29) is 0 Å². The molecule has 0 unspecified atom stereocenters. The molecule has 0 heterocycles. The maximum Gasteiger partial charge on any atom is -0.00948 e. The fourth-order valence-corrected chi connectivity index (χ4v) is 1.39. The average Bonchev–Trinajstić information content (AvgIpc) is 2.22. The molecule has 1 aliphatic carbocycles. The fraction of sp³-hybridized carbons (Fsp3) is 0.429. The van der Waals surface area contributed by atoms with E-state index >= 15 is 0 Å². The van der Waals surface area contributed by atoms with Crippen LogP contribution in [0, 0.1) is 6.08 Å². The Kier molecular flexibility index (Phi) is 6.74. The van der Waals surface area contributed by atoms with Crippen molar-refractivity contribution in [3.8, 4) is 0 Å². The number of hydrogen-bond acceptors (Lipinski definition) is 0. The number of hydrogen-bond donors (Lipinski definition) is 0. The Balaban J connectivity index is 2.36. The first-order chi connectivity index (χ1) is 7.00. The lowest BCUT2D eigenvalue weighted by Crippen LogP contribution is -1.75. The summed E-state index contributed by atoms with van der Waals surface area (Å²) in [5, 5.41) is 0. The summed E-state index contributed by atoms with van der Waals surface area (Å²) in [6.07, 6.45) is 25.5. The highest BCUT2D eigenvalue weighted by Gasteiger charge is 1.85. The van der Waals surface area contributed by atoms with Gasteiger partial charge in [-0.05, 0) is 38.2 Å². The van der Waals surface area contributed by atoms with Gasteiger partial charge < -0.3 is 0 Å². The van der Waals surface area contributed by atoms with E-state index in [1.165, 1.54) is 32.1 Å². The molecule has 0 aromatic rings. The lowest BCUT2D eigenvalue weighted by molar-refractivity contribution is 0.695. The zero-order chi connectivity index (χ0) is 9.90. The Morgan fingerprint density at radius 2 is 1.50 bits per heavy atom. The van der Waals surface area contributed by atoms with Gasteiger partial charge in [-0.15, -0.1) is 0 Å². The fourth-order valence-electron chi connectivity index (χ4n) is 1.39. The molecular weight excluding hydrogens is 168 g/mol. The Morgan fingerprint density at radius 1 is 0.714 bits per heavy atom. The van der Waals surface area contributed by atoms with Crippen LogP contribution in [0.4, 0.5) is 0 Å². The van der Waals surface area contributed by atoms with Crippen LogP contribution >= 0.6 is 0 Å². The summed E-state index contributed by atoms with van der Waals surface area (Å²) in [5.74, 6) is 0. The minimum Gasteiger partial charge on any atom is -0.0845 e. The second-order valence-corrected chi connectivity index (χ2v) is 3.49. The van der Waals surface area contributed by atoms with Crippen molar-refractivity contribution in [2.75, 3.05) is 0 Å². The van der Waals surface area contributed by atoms with Crippen molar-refractivity contribution in [2.24, 2.45) is 0 Å². The first-order valence-corrected chi connectivity index (χ1v) is 5.53. The minimum atomic E-state index is 0.939. The van der Waals surface area contributed by atoms with Crippen molar-refractivity contribution in [1.82, 2.24) is 0 Å². The molecular formula is C14H19. The molecule has 1 aliphatic rings. The summed E-state index contributed by atoms with van der Waals surface area (Å²) in [6.45, 7) is 0. The highest BCUT2D eigenvalue weighted by atomic mass is 13.9. The van der Waals surface area contributed by atoms with Crippen LogP contribution in [-0.4, -0.2) is 0 Å². The predicted octanol–water partition coefficient (Wildman–Crippen LogP) is 4.37. The van der Waals surface area contributed by atoms with Crippen LogP contribution in [0.5, 0.6) is 0 Å². The van der Waals surface area contributed by atoms with Crippen LogP contribution in [0.1, 0.15) is 38.5 Å². The molecule has 1 rings (SSSR count). The molecule has 0 N–H and O–H groups in total. The van der Waals surface area contributed by atoms with Gasteiger partial charge in [0.25, 0.3) is 0 Å². The molecule has 75 valence electrons. The molecule has 0 spiro atoms. The van der Waals surface area contributed by atoms with Gasteiger partial charge in [-0.1, -0.05) is 49.0 Å². The summed E-state index contributed by atoms with van der Waals surface area (Å²) < 4.78 is 0. The maximum absolute atomic E-state index is 3.28. The van der Waals surface area contributed by atoms with E-state index in [2.05, 4.69) is 48.6 Å². The lowest BCUT2D eigenvalue weighted by Gasteiger charge is -1.94. The lowest BCUT2D eigenvalue weighted by atomic mass is 10.1. The van der Waals surface area contributed by atoms with Gasteiger partial charge in [-0.2, -0.15) is 0 Å². The second kappa shape index (κ2) is 8.55. The third kappa shape index (κ3) is 6.47. The van der Waals surface area contributed by atoms with E-state index in [9.17, 15) is 0 Å². The molecule has 0 aromatic carbocycles. The van der Waals surface area contributed by atoms with Crippen molar-refractivity contribution >= 4 is 0 Å². The van der Waals surface area contributed by atoms with Gasteiger partial charge >= 0.3 is 0 Å². The molecule has 0 amide bonds. The van der Waals surface area contributed by atoms with E-state index in [0.29, 0.717) is 0 Å². The Bertz CT molecular complexity index is 228. The summed E-state index contributed by atoms with van der Waals surface area (Å²) in [7, 11) is 0.